The second-order valence-corrected chi connectivity index (χ2v) is 6.16. The van der Waals surface area contributed by atoms with Crippen LogP contribution in [0, 0.1) is 0 Å². The molecule has 0 nitrogen and oxygen atoms in total. The summed E-state index contributed by atoms with van der Waals surface area (Å²) in [6, 6.07) is 3.75. The van der Waals surface area contributed by atoms with E-state index in [1.54, 1.807) is 0 Å². The largest absolute Gasteiger partial charge is 0.416 e. The minimum absolute atomic E-state index is 0.0415. The fourth-order valence-electron chi connectivity index (χ4n) is 1.84. The molecule has 2 aromatic carbocycles. The Labute approximate surface area is 145 Å². The zero-order chi connectivity index (χ0) is 17.6. The maximum atomic E-state index is 12.8. The van der Waals surface area contributed by atoms with Crippen LogP contribution >= 0.6 is 39.1 Å². The molecule has 0 heterocycles. The number of hydrogen-bond acceptors (Lipinski definition) is 0. The first-order valence-electron chi connectivity index (χ1n) is 5.84. The van der Waals surface area contributed by atoms with Gasteiger partial charge in [-0.3, -0.25) is 0 Å². The van der Waals surface area contributed by atoms with Gasteiger partial charge in [0.1, 0.15) is 0 Å². The van der Waals surface area contributed by atoms with Crippen molar-refractivity contribution in [1.82, 2.24) is 0 Å². The Morgan fingerprint density at radius 3 is 1.35 bits per heavy atom. The fourth-order valence-corrected chi connectivity index (χ4v) is 2.56. The predicted octanol–water partition coefficient (Wildman–Crippen LogP) is 7.46. The number of hydrogen-bond donors (Lipinski definition) is 0. The van der Waals surface area contributed by atoms with Gasteiger partial charge in [-0.05, 0) is 57.4 Å². The molecule has 0 saturated heterocycles. The first kappa shape index (κ1) is 18.4. The van der Waals surface area contributed by atoms with E-state index >= 15 is 0 Å². The van der Waals surface area contributed by atoms with Gasteiger partial charge in [-0.1, -0.05) is 23.2 Å². The minimum atomic E-state index is -4.92. The van der Waals surface area contributed by atoms with Gasteiger partial charge in [0.15, 0.2) is 0 Å². The Hall–Kier alpha value is -0.920. The van der Waals surface area contributed by atoms with Gasteiger partial charge >= 0.3 is 12.4 Å². The van der Waals surface area contributed by atoms with Gasteiger partial charge in [-0.25, -0.2) is 0 Å². The molecule has 9 heteroatoms. The number of halogens is 9. The topological polar surface area (TPSA) is 0 Å². The summed E-state index contributed by atoms with van der Waals surface area (Å²) in [6.45, 7) is 0. The van der Waals surface area contributed by atoms with Gasteiger partial charge in [0.25, 0.3) is 0 Å². The molecule has 0 aliphatic heterocycles. The van der Waals surface area contributed by atoms with E-state index in [0.29, 0.717) is 16.6 Å². The fraction of sp³-hybridized carbons (Fsp3) is 0.143. The summed E-state index contributed by atoms with van der Waals surface area (Å²) in [4.78, 5) is 0. The normalized spacial score (nSPS) is 12.6. The van der Waals surface area contributed by atoms with Gasteiger partial charge in [0, 0.05) is 0 Å². The summed E-state index contributed by atoms with van der Waals surface area (Å²) >= 11 is 14.8. The molecule has 0 N–H and O–H groups in total. The first-order valence-corrected chi connectivity index (χ1v) is 7.39. The van der Waals surface area contributed by atoms with Crippen molar-refractivity contribution in [3.63, 3.8) is 0 Å². The van der Waals surface area contributed by atoms with Crippen LogP contribution in [0.1, 0.15) is 11.1 Å². The highest BCUT2D eigenvalue weighted by molar-refractivity contribution is 9.10. The number of benzene rings is 2. The van der Waals surface area contributed by atoms with E-state index < -0.39 is 23.5 Å². The van der Waals surface area contributed by atoms with Gasteiger partial charge < -0.3 is 0 Å². The van der Waals surface area contributed by atoms with Crippen LogP contribution in [0.5, 0.6) is 0 Å². The molecular weight excluding hydrogens is 433 g/mol. The highest BCUT2D eigenvalue weighted by Crippen LogP contribution is 2.41. The lowest BCUT2D eigenvalue weighted by atomic mass is 9.99. The molecule has 0 aliphatic carbocycles. The number of alkyl halides is 6. The van der Waals surface area contributed by atoms with Gasteiger partial charge in [0.05, 0.1) is 25.6 Å². The average molecular weight is 438 g/mol. The molecule has 0 amide bonds. The van der Waals surface area contributed by atoms with Crippen LogP contribution in [-0.4, -0.2) is 0 Å². The summed E-state index contributed by atoms with van der Waals surface area (Å²) in [5.74, 6) is 0. The zero-order valence-electron chi connectivity index (χ0n) is 10.8. The maximum Gasteiger partial charge on any atom is 0.416 e. The molecular formula is C14H5BrCl2F6. The molecule has 2 aromatic rings. The minimum Gasteiger partial charge on any atom is -0.166 e. The molecule has 0 atom stereocenters. The van der Waals surface area contributed by atoms with Crippen LogP contribution in [-0.2, 0) is 12.4 Å². The molecule has 0 fully saturated rings. The Kier molecular flexibility index (Phi) is 4.95. The van der Waals surface area contributed by atoms with Crippen molar-refractivity contribution in [2.24, 2.45) is 0 Å². The Bertz CT molecular complexity index is 697. The third kappa shape index (κ3) is 4.14. The van der Waals surface area contributed by atoms with Crippen LogP contribution in [0.3, 0.4) is 0 Å². The third-order valence-corrected chi connectivity index (χ3v) is 4.81. The smallest absolute Gasteiger partial charge is 0.166 e. The van der Waals surface area contributed by atoms with Crippen molar-refractivity contribution >= 4 is 39.1 Å². The van der Waals surface area contributed by atoms with E-state index in [-0.39, 0.29) is 27.2 Å². The zero-order valence-corrected chi connectivity index (χ0v) is 13.9. The summed E-state index contributed by atoms with van der Waals surface area (Å²) in [7, 11) is 0. The summed E-state index contributed by atoms with van der Waals surface area (Å²) in [5.41, 5.74) is -3.06. The molecule has 0 unspecified atom stereocenters. The molecule has 0 saturated carbocycles. The van der Waals surface area contributed by atoms with E-state index in [1.807, 2.05) is 0 Å². The van der Waals surface area contributed by atoms with Crippen molar-refractivity contribution in [1.29, 1.82) is 0 Å². The molecule has 124 valence electrons. The highest BCUT2D eigenvalue weighted by Gasteiger charge is 2.37. The van der Waals surface area contributed by atoms with E-state index in [0.717, 1.165) is 0 Å². The summed E-state index contributed by atoms with van der Waals surface area (Å²) < 4.78 is 77.4. The summed E-state index contributed by atoms with van der Waals surface area (Å²) in [5, 5.41) is 0.136. The molecule has 2 rings (SSSR count). The monoisotopic (exact) mass is 436 g/mol. The van der Waals surface area contributed by atoms with Crippen LogP contribution in [0.25, 0.3) is 11.1 Å². The van der Waals surface area contributed by atoms with Crippen LogP contribution in [0.15, 0.2) is 34.8 Å². The Morgan fingerprint density at radius 1 is 0.652 bits per heavy atom. The van der Waals surface area contributed by atoms with Crippen LogP contribution in [0.2, 0.25) is 10.0 Å². The van der Waals surface area contributed by atoms with E-state index in [2.05, 4.69) is 15.9 Å². The average Bonchev–Trinajstić information content (AvgIpc) is 2.41. The molecule has 0 spiro atoms. The molecule has 0 radical (unpaired) electrons. The molecule has 23 heavy (non-hydrogen) atoms. The van der Waals surface area contributed by atoms with E-state index in [9.17, 15) is 26.3 Å². The van der Waals surface area contributed by atoms with E-state index in [1.165, 1.54) is 12.1 Å². The lowest BCUT2D eigenvalue weighted by Gasteiger charge is -2.15. The second kappa shape index (κ2) is 6.18. The lowest BCUT2D eigenvalue weighted by molar-refractivity contribution is -0.143. The quantitative estimate of drug-likeness (QED) is 0.321. The second-order valence-electron chi connectivity index (χ2n) is 4.55. The molecule has 0 aromatic heterocycles. The van der Waals surface area contributed by atoms with Crippen molar-refractivity contribution in [2.75, 3.05) is 0 Å². The first-order chi connectivity index (χ1) is 10.4. The Balaban J connectivity index is 2.72. The van der Waals surface area contributed by atoms with Crippen molar-refractivity contribution in [3.8, 4) is 11.1 Å². The van der Waals surface area contributed by atoms with Crippen LogP contribution in [0.4, 0.5) is 26.3 Å². The van der Waals surface area contributed by atoms with Crippen LogP contribution < -0.4 is 0 Å². The van der Waals surface area contributed by atoms with Gasteiger partial charge in [-0.2, -0.15) is 26.3 Å². The van der Waals surface area contributed by atoms with Crippen molar-refractivity contribution in [3.05, 3.63) is 56.0 Å². The van der Waals surface area contributed by atoms with Crippen molar-refractivity contribution < 1.29 is 26.3 Å². The van der Waals surface area contributed by atoms with Gasteiger partial charge in [-0.15, -0.1) is 0 Å². The van der Waals surface area contributed by atoms with Crippen molar-refractivity contribution in [2.45, 2.75) is 12.4 Å². The van der Waals surface area contributed by atoms with E-state index in [4.69, 9.17) is 23.2 Å². The SMILES string of the molecule is FC(F)(F)c1cc(-c2cc(Cl)c(Br)c(Cl)c2)cc(C(F)(F)F)c1. The molecule has 0 aliphatic rings. The Morgan fingerprint density at radius 2 is 1.00 bits per heavy atom. The summed E-state index contributed by atoms with van der Waals surface area (Å²) in [6.07, 6.45) is -9.84. The molecule has 0 bridgehead atoms. The van der Waals surface area contributed by atoms with Gasteiger partial charge in [0.2, 0.25) is 0 Å². The highest BCUT2D eigenvalue weighted by atomic mass is 79.9. The standard InChI is InChI=1S/C14H5BrCl2F6/c15-12-10(16)3-7(4-11(12)17)6-1-8(13(18,19)20)5-9(2-6)14(21,22)23/h1-5H. The third-order valence-electron chi connectivity index (χ3n) is 2.90. The lowest BCUT2D eigenvalue weighted by Crippen LogP contribution is -2.11. The maximum absolute atomic E-state index is 12.8. The predicted molar refractivity (Wildman–Crippen MR) is 79.6 cm³/mol. The number of rotatable bonds is 1.